The molecule has 0 saturated carbocycles. The second-order valence-electron chi connectivity index (χ2n) is 7.05. The van der Waals surface area contributed by atoms with Crippen LogP contribution in [0.3, 0.4) is 0 Å². The van der Waals surface area contributed by atoms with Crippen LogP contribution in [0.2, 0.25) is 0 Å². The van der Waals surface area contributed by atoms with Crippen LogP contribution in [-0.2, 0) is 11.2 Å². The molecule has 142 valence electrons. The van der Waals surface area contributed by atoms with E-state index in [4.69, 9.17) is 0 Å². The van der Waals surface area contributed by atoms with Crippen molar-refractivity contribution in [2.24, 2.45) is 0 Å². The molecule has 2 heterocycles. The number of aromatic nitrogens is 1. The fourth-order valence-corrected chi connectivity index (χ4v) is 3.25. The molecular formula is C21H26N4O2. The van der Waals surface area contributed by atoms with E-state index in [0.717, 1.165) is 31.5 Å². The summed E-state index contributed by atoms with van der Waals surface area (Å²) in [5, 5.41) is 2.95. The number of carbonyl (C=O) groups is 2. The minimum Gasteiger partial charge on any atom is -0.363 e. The molecule has 1 atom stereocenters. The molecule has 3 rings (SSSR count). The van der Waals surface area contributed by atoms with Crippen molar-refractivity contribution in [3.63, 3.8) is 0 Å². The van der Waals surface area contributed by atoms with Crippen molar-refractivity contribution in [3.8, 4) is 0 Å². The van der Waals surface area contributed by atoms with E-state index >= 15 is 0 Å². The third-order valence-corrected chi connectivity index (χ3v) is 4.77. The van der Waals surface area contributed by atoms with Crippen LogP contribution in [-0.4, -0.2) is 54.9 Å². The first-order valence-corrected chi connectivity index (χ1v) is 9.31. The Bertz CT molecular complexity index is 786. The summed E-state index contributed by atoms with van der Waals surface area (Å²) < 4.78 is 0. The van der Waals surface area contributed by atoms with Crippen molar-refractivity contribution in [2.75, 3.05) is 32.1 Å². The van der Waals surface area contributed by atoms with Gasteiger partial charge in [0.2, 0.25) is 5.91 Å². The van der Waals surface area contributed by atoms with Crippen molar-refractivity contribution < 1.29 is 9.59 Å². The number of rotatable bonds is 6. The summed E-state index contributed by atoms with van der Waals surface area (Å²) in [5.74, 6) is 0.439. The van der Waals surface area contributed by atoms with E-state index in [2.05, 4.69) is 10.3 Å². The van der Waals surface area contributed by atoms with Gasteiger partial charge in [0.1, 0.15) is 11.9 Å². The monoisotopic (exact) mass is 366 g/mol. The Hall–Kier alpha value is -2.89. The molecule has 0 bridgehead atoms. The Kier molecular flexibility index (Phi) is 6.06. The minimum atomic E-state index is -0.575. The molecule has 0 spiro atoms. The average Bonchev–Trinajstić information content (AvgIpc) is 3.22. The lowest BCUT2D eigenvalue weighted by atomic mass is 10.0. The van der Waals surface area contributed by atoms with Crippen LogP contribution in [0.1, 0.15) is 28.8 Å². The summed E-state index contributed by atoms with van der Waals surface area (Å²) in [5.41, 5.74) is 1.53. The van der Waals surface area contributed by atoms with Gasteiger partial charge in [-0.1, -0.05) is 30.3 Å². The second-order valence-corrected chi connectivity index (χ2v) is 7.05. The van der Waals surface area contributed by atoms with Gasteiger partial charge in [-0.15, -0.1) is 0 Å². The fourth-order valence-electron chi connectivity index (χ4n) is 3.25. The summed E-state index contributed by atoms with van der Waals surface area (Å²) in [6.45, 7) is 1.53. The first-order chi connectivity index (χ1) is 13.0. The highest BCUT2D eigenvalue weighted by Crippen LogP contribution is 2.14. The van der Waals surface area contributed by atoms with Gasteiger partial charge < -0.3 is 15.1 Å². The number of hydrogen-bond acceptors (Lipinski definition) is 4. The summed E-state index contributed by atoms with van der Waals surface area (Å²) in [7, 11) is 3.75. The summed E-state index contributed by atoms with van der Waals surface area (Å²) in [6, 6.07) is 12.6. The Balaban J connectivity index is 1.78. The van der Waals surface area contributed by atoms with Gasteiger partial charge in [0.15, 0.2) is 0 Å². The van der Waals surface area contributed by atoms with Crippen LogP contribution in [0.5, 0.6) is 0 Å². The van der Waals surface area contributed by atoms with Crippen molar-refractivity contribution in [2.45, 2.75) is 25.3 Å². The number of likely N-dealkylation sites (tertiary alicyclic amines) is 1. The van der Waals surface area contributed by atoms with E-state index < -0.39 is 6.04 Å². The average molecular weight is 366 g/mol. The Labute approximate surface area is 160 Å². The molecule has 27 heavy (non-hydrogen) atoms. The molecule has 0 radical (unpaired) electrons. The molecule has 1 aromatic heterocycles. The normalized spacial score (nSPS) is 14.7. The van der Waals surface area contributed by atoms with E-state index in [9.17, 15) is 9.59 Å². The molecular weight excluding hydrogens is 340 g/mol. The maximum atomic E-state index is 13.0. The number of nitrogens with zero attached hydrogens (tertiary/aromatic N) is 3. The summed E-state index contributed by atoms with van der Waals surface area (Å²) in [4.78, 5) is 33.7. The van der Waals surface area contributed by atoms with Gasteiger partial charge in [-0.05, 0) is 30.5 Å². The molecule has 1 aliphatic rings. The third kappa shape index (κ3) is 4.84. The fraction of sp³-hybridized carbons (Fsp3) is 0.381. The highest BCUT2D eigenvalue weighted by molar-refractivity contribution is 5.98. The molecule has 6 nitrogen and oxygen atoms in total. The number of nitrogens with one attached hydrogen (secondary N) is 1. The molecule has 2 amide bonds. The Morgan fingerprint density at radius 3 is 2.52 bits per heavy atom. The van der Waals surface area contributed by atoms with Crippen LogP contribution in [0.15, 0.2) is 48.7 Å². The number of hydrogen-bond donors (Lipinski definition) is 1. The van der Waals surface area contributed by atoms with Crippen LogP contribution in [0.4, 0.5) is 5.82 Å². The molecule has 0 unspecified atom stereocenters. The molecule has 1 aromatic carbocycles. The van der Waals surface area contributed by atoms with E-state index in [1.165, 1.54) is 0 Å². The summed E-state index contributed by atoms with van der Waals surface area (Å²) >= 11 is 0. The lowest BCUT2D eigenvalue weighted by Gasteiger charge is -2.24. The van der Waals surface area contributed by atoms with Gasteiger partial charge in [-0.2, -0.15) is 0 Å². The molecule has 6 heteroatoms. The second kappa shape index (κ2) is 8.66. The maximum Gasteiger partial charge on any atom is 0.252 e. The number of benzene rings is 1. The number of amides is 2. The van der Waals surface area contributed by atoms with Gasteiger partial charge in [0.25, 0.3) is 5.91 Å². The zero-order chi connectivity index (χ0) is 19.2. The van der Waals surface area contributed by atoms with Crippen molar-refractivity contribution in [3.05, 3.63) is 59.8 Å². The van der Waals surface area contributed by atoms with Crippen LogP contribution in [0, 0.1) is 0 Å². The van der Waals surface area contributed by atoms with Crippen LogP contribution >= 0.6 is 0 Å². The highest BCUT2D eigenvalue weighted by atomic mass is 16.2. The van der Waals surface area contributed by atoms with Gasteiger partial charge in [-0.25, -0.2) is 4.98 Å². The standard InChI is InChI=1S/C21H26N4O2/c1-24(2)19-15-17(10-11-22-19)20(26)23-18(14-16-8-4-3-5-9-16)21(27)25-12-6-7-13-25/h3-5,8-11,15,18H,6-7,12-14H2,1-2H3,(H,23,26)/t18-/m1/s1. The molecule has 1 N–H and O–H groups in total. The Morgan fingerprint density at radius 2 is 1.85 bits per heavy atom. The van der Waals surface area contributed by atoms with E-state index in [1.807, 2.05) is 54.2 Å². The molecule has 1 aliphatic heterocycles. The summed E-state index contributed by atoms with van der Waals surface area (Å²) in [6.07, 6.45) is 4.13. The quantitative estimate of drug-likeness (QED) is 0.850. The van der Waals surface area contributed by atoms with Crippen LogP contribution < -0.4 is 10.2 Å². The molecule has 0 aliphatic carbocycles. The molecule has 1 saturated heterocycles. The minimum absolute atomic E-state index is 0.00778. The molecule has 1 fully saturated rings. The third-order valence-electron chi connectivity index (χ3n) is 4.77. The highest BCUT2D eigenvalue weighted by Gasteiger charge is 2.28. The van der Waals surface area contributed by atoms with E-state index in [0.29, 0.717) is 17.8 Å². The topological polar surface area (TPSA) is 65.5 Å². The first-order valence-electron chi connectivity index (χ1n) is 9.31. The van der Waals surface area contributed by atoms with Gasteiger partial charge in [0.05, 0.1) is 0 Å². The lowest BCUT2D eigenvalue weighted by molar-refractivity contribution is -0.132. The van der Waals surface area contributed by atoms with Gasteiger partial charge in [-0.3, -0.25) is 9.59 Å². The van der Waals surface area contributed by atoms with E-state index in [1.54, 1.807) is 18.3 Å². The van der Waals surface area contributed by atoms with Crippen molar-refractivity contribution >= 4 is 17.6 Å². The van der Waals surface area contributed by atoms with Crippen molar-refractivity contribution in [1.82, 2.24) is 15.2 Å². The molecule has 2 aromatic rings. The zero-order valence-corrected chi connectivity index (χ0v) is 15.9. The van der Waals surface area contributed by atoms with Crippen LogP contribution in [0.25, 0.3) is 0 Å². The van der Waals surface area contributed by atoms with Crippen molar-refractivity contribution in [1.29, 1.82) is 0 Å². The maximum absolute atomic E-state index is 13.0. The van der Waals surface area contributed by atoms with E-state index in [-0.39, 0.29) is 11.8 Å². The SMILES string of the molecule is CN(C)c1cc(C(=O)N[C@H](Cc2ccccc2)C(=O)N2CCCC2)ccn1. The zero-order valence-electron chi connectivity index (χ0n) is 15.9. The smallest absolute Gasteiger partial charge is 0.252 e. The number of pyridine rings is 1. The van der Waals surface area contributed by atoms with Gasteiger partial charge >= 0.3 is 0 Å². The largest absolute Gasteiger partial charge is 0.363 e. The predicted octanol–water partition coefficient (Wildman–Crippen LogP) is 2.11. The Morgan fingerprint density at radius 1 is 1.15 bits per heavy atom. The number of anilines is 1. The van der Waals surface area contributed by atoms with Gasteiger partial charge in [0, 0.05) is 45.4 Å². The lowest BCUT2D eigenvalue weighted by Crippen LogP contribution is -2.49. The predicted molar refractivity (Wildman–Crippen MR) is 106 cm³/mol. The number of carbonyl (C=O) groups excluding carboxylic acids is 2. The first kappa shape index (κ1) is 18.9.